The third-order valence-electron chi connectivity index (χ3n) is 2.03. The fourth-order valence-electron chi connectivity index (χ4n) is 1.10. The SMILES string of the molecule is CC(=CCNc1c(F)cc(F)cc1F)C(=O)O. The van der Waals surface area contributed by atoms with Crippen molar-refractivity contribution in [3.8, 4) is 0 Å². The standard InChI is InChI=1S/C11H10F3NO2/c1-6(11(16)17)2-3-15-10-8(13)4-7(12)5-9(10)14/h2,4-5,15H,3H2,1H3,(H,16,17). The maximum absolute atomic E-state index is 13.1. The Morgan fingerprint density at radius 1 is 1.35 bits per heavy atom. The Hall–Kier alpha value is -1.98. The minimum absolute atomic E-state index is 0.0421. The van der Waals surface area contributed by atoms with Crippen LogP contribution in [0.5, 0.6) is 0 Å². The van der Waals surface area contributed by atoms with Crippen molar-refractivity contribution < 1.29 is 23.1 Å². The van der Waals surface area contributed by atoms with Crippen LogP contribution in [-0.2, 0) is 4.79 Å². The number of hydrogen-bond acceptors (Lipinski definition) is 2. The molecule has 0 aromatic heterocycles. The number of carboxylic acids is 1. The Morgan fingerprint density at radius 2 is 1.88 bits per heavy atom. The molecule has 0 atom stereocenters. The Morgan fingerprint density at radius 3 is 2.35 bits per heavy atom. The molecule has 0 radical (unpaired) electrons. The van der Waals surface area contributed by atoms with Gasteiger partial charge in [0, 0.05) is 24.3 Å². The average molecular weight is 245 g/mol. The van der Waals surface area contributed by atoms with E-state index in [4.69, 9.17) is 5.11 Å². The first kappa shape index (κ1) is 13.1. The molecule has 0 bridgehead atoms. The van der Waals surface area contributed by atoms with Crippen molar-refractivity contribution in [2.75, 3.05) is 11.9 Å². The van der Waals surface area contributed by atoms with Crippen LogP contribution in [0.15, 0.2) is 23.8 Å². The molecule has 1 rings (SSSR count). The molecular formula is C11H10F3NO2. The number of carboxylic acid groups (broad SMARTS) is 1. The zero-order valence-corrected chi connectivity index (χ0v) is 8.93. The van der Waals surface area contributed by atoms with E-state index in [1.54, 1.807) is 0 Å². The molecule has 3 nitrogen and oxygen atoms in total. The minimum Gasteiger partial charge on any atom is -0.478 e. The van der Waals surface area contributed by atoms with Crippen molar-refractivity contribution >= 4 is 11.7 Å². The van der Waals surface area contributed by atoms with Crippen molar-refractivity contribution in [2.24, 2.45) is 0 Å². The van der Waals surface area contributed by atoms with Gasteiger partial charge >= 0.3 is 5.97 Å². The Bertz CT molecular complexity index is 449. The third kappa shape index (κ3) is 3.51. The highest BCUT2D eigenvalue weighted by atomic mass is 19.1. The van der Waals surface area contributed by atoms with Gasteiger partial charge in [0.1, 0.15) is 11.5 Å². The van der Waals surface area contributed by atoms with E-state index in [0.29, 0.717) is 12.1 Å². The second-order valence-corrected chi connectivity index (χ2v) is 3.32. The second-order valence-electron chi connectivity index (χ2n) is 3.32. The van der Waals surface area contributed by atoms with E-state index in [-0.39, 0.29) is 12.1 Å². The number of carbonyl (C=O) groups is 1. The van der Waals surface area contributed by atoms with Crippen molar-refractivity contribution in [2.45, 2.75) is 6.92 Å². The van der Waals surface area contributed by atoms with Gasteiger partial charge in [-0.2, -0.15) is 0 Å². The van der Waals surface area contributed by atoms with Gasteiger partial charge in [-0.05, 0) is 6.92 Å². The number of rotatable bonds is 4. The van der Waals surface area contributed by atoms with E-state index in [9.17, 15) is 18.0 Å². The highest BCUT2D eigenvalue weighted by molar-refractivity contribution is 5.85. The monoisotopic (exact) mass is 245 g/mol. The number of halogens is 3. The molecule has 1 aromatic rings. The lowest BCUT2D eigenvalue weighted by atomic mass is 10.2. The first-order valence-electron chi connectivity index (χ1n) is 4.70. The van der Waals surface area contributed by atoms with Gasteiger partial charge in [-0.15, -0.1) is 0 Å². The van der Waals surface area contributed by atoms with Crippen LogP contribution in [0, 0.1) is 17.5 Å². The lowest BCUT2D eigenvalue weighted by Gasteiger charge is -2.06. The molecular weight excluding hydrogens is 235 g/mol. The van der Waals surface area contributed by atoms with Crippen LogP contribution in [0.1, 0.15) is 6.92 Å². The molecule has 2 N–H and O–H groups in total. The number of hydrogen-bond donors (Lipinski definition) is 2. The van der Waals surface area contributed by atoms with Crippen LogP contribution in [0.2, 0.25) is 0 Å². The highest BCUT2D eigenvalue weighted by Crippen LogP contribution is 2.19. The third-order valence-corrected chi connectivity index (χ3v) is 2.03. The predicted molar refractivity (Wildman–Crippen MR) is 56.2 cm³/mol. The van der Waals surface area contributed by atoms with Crippen LogP contribution >= 0.6 is 0 Å². The lowest BCUT2D eigenvalue weighted by Crippen LogP contribution is -2.06. The molecule has 17 heavy (non-hydrogen) atoms. The van der Waals surface area contributed by atoms with Crippen molar-refractivity contribution in [3.05, 3.63) is 41.2 Å². The van der Waals surface area contributed by atoms with Crippen LogP contribution in [0.4, 0.5) is 18.9 Å². The van der Waals surface area contributed by atoms with Crippen molar-refractivity contribution in [1.82, 2.24) is 0 Å². The molecule has 0 aliphatic rings. The van der Waals surface area contributed by atoms with E-state index < -0.39 is 29.1 Å². The zero-order valence-electron chi connectivity index (χ0n) is 8.93. The molecule has 0 heterocycles. The van der Waals surface area contributed by atoms with Crippen LogP contribution < -0.4 is 5.32 Å². The average Bonchev–Trinajstić information content (AvgIpc) is 2.21. The summed E-state index contributed by atoms with van der Waals surface area (Å²) < 4.78 is 38.8. The highest BCUT2D eigenvalue weighted by Gasteiger charge is 2.10. The normalized spacial score (nSPS) is 11.4. The first-order chi connectivity index (χ1) is 7.91. The van der Waals surface area contributed by atoms with Gasteiger partial charge in [-0.25, -0.2) is 18.0 Å². The maximum atomic E-state index is 13.1. The van der Waals surface area contributed by atoms with Gasteiger partial charge in [-0.3, -0.25) is 0 Å². The predicted octanol–water partition coefficient (Wildman–Crippen LogP) is 2.55. The van der Waals surface area contributed by atoms with Gasteiger partial charge < -0.3 is 10.4 Å². The zero-order chi connectivity index (χ0) is 13.0. The van der Waals surface area contributed by atoms with Gasteiger partial charge in [0.05, 0.1) is 0 Å². The number of benzene rings is 1. The second kappa shape index (κ2) is 5.38. The summed E-state index contributed by atoms with van der Waals surface area (Å²) in [6.45, 7) is 1.28. The molecule has 92 valence electrons. The number of nitrogens with one attached hydrogen (secondary N) is 1. The summed E-state index contributed by atoms with van der Waals surface area (Å²) in [5.41, 5.74) is -0.443. The van der Waals surface area contributed by atoms with Gasteiger partial charge in [-0.1, -0.05) is 6.08 Å². The van der Waals surface area contributed by atoms with Gasteiger partial charge in [0.25, 0.3) is 0 Å². The Labute approximate surface area is 95.6 Å². The van der Waals surface area contributed by atoms with E-state index in [1.165, 1.54) is 13.0 Å². The largest absolute Gasteiger partial charge is 0.478 e. The van der Waals surface area contributed by atoms with E-state index >= 15 is 0 Å². The summed E-state index contributed by atoms with van der Waals surface area (Å²) in [6, 6.07) is 1.08. The fourth-order valence-corrected chi connectivity index (χ4v) is 1.10. The Kier molecular flexibility index (Phi) is 4.14. The number of anilines is 1. The summed E-state index contributed by atoms with van der Waals surface area (Å²) in [4.78, 5) is 10.4. The summed E-state index contributed by atoms with van der Waals surface area (Å²) >= 11 is 0. The molecule has 0 fully saturated rings. The molecule has 1 aromatic carbocycles. The smallest absolute Gasteiger partial charge is 0.331 e. The lowest BCUT2D eigenvalue weighted by molar-refractivity contribution is -0.132. The van der Waals surface area contributed by atoms with Crippen LogP contribution in [-0.4, -0.2) is 17.6 Å². The minimum atomic E-state index is -1.12. The van der Waals surface area contributed by atoms with Crippen LogP contribution in [0.3, 0.4) is 0 Å². The molecule has 6 heteroatoms. The fraction of sp³-hybridized carbons (Fsp3) is 0.182. The molecule has 0 saturated heterocycles. The van der Waals surface area contributed by atoms with Gasteiger partial charge in [0.15, 0.2) is 11.6 Å². The van der Waals surface area contributed by atoms with E-state index in [2.05, 4.69) is 5.32 Å². The summed E-state index contributed by atoms with van der Waals surface area (Å²) in [7, 11) is 0. The first-order valence-corrected chi connectivity index (χ1v) is 4.70. The maximum Gasteiger partial charge on any atom is 0.331 e. The number of aliphatic carboxylic acids is 1. The Balaban J connectivity index is 2.77. The molecule has 0 spiro atoms. The molecule has 0 aliphatic carbocycles. The van der Waals surface area contributed by atoms with Crippen LogP contribution in [0.25, 0.3) is 0 Å². The molecule has 0 amide bonds. The van der Waals surface area contributed by atoms with E-state index in [1.807, 2.05) is 0 Å². The van der Waals surface area contributed by atoms with E-state index in [0.717, 1.165) is 0 Å². The van der Waals surface area contributed by atoms with Gasteiger partial charge in [0.2, 0.25) is 0 Å². The quantitative estimate of drug-likeness (QED) is 0.801. The summed E-state index contributed by atoms with van der Waals surface area (Å²) in [6.07, 6.45) is 1.25. The topological polar surface area (TPSA) is 49.3 Å². The molecule has 0 aliphatic heterocycles. The summed E-state index contributed by atoms with van der Waals surface area (Å²) in [5, 5.41) is 10.9. The molecule has 0 saturated carbocycles. The van der Waals surface area contributed by atoms with Crippen molar-refractivity contribution in [3.63, 3.8) is 0 Å². The summed E-state index contributed by atoms with van der Waals surface area (Å²) in [5.74, 6) is -4.26. The van der Waals surface area contributed by atoms with Crippen molar-refractivity contribution in [1.29, 1.82) is 0 Å². The molecule has 0 unspecified atom stereocenters.